The van der Waals surface area contributed by atoms with Crippen molar-refractivity contribution in [1.29, 1.82) is 0 Å². The van der Waals surface area contributed by atoms with E-state index in [9.17, 15) is 39.6 Å². The number of H-pyrrole nitrogens is 4. The minimum Gasteiger partial charge on any atom is -0.506 e. The van der Waals surface area contributed by atoms with Gasteiger partial charge in [-0.05, 0) is 209 Å². The Morgan fingerprint density at radius 2 is 0.679 bits per heavy atom. The molecule has 8 N–H and O–H groups in total. The lowest BCUT2D eigenvalue weighted by Crippen LogP contribution is -2.09. The van der Waals surface area contributed by atoms with Gasteiger partial charge in [0.05, 0.1) is 51.4 Å². The third-order valence-corrected chi connectivity index (χ3v) is 18.7. The monoisotopic (exact) mass is 1550 g/mol. The number of aromatic nitrogens is 4. The van der Waals surface area contributed by atoms with Crippen molar-refractivity contribution >= 4 is 101 Å². The van der Waals surface area contributed by atoms with Crippen LogP contribution in [0.2, 0.25) is 20.1 Å². The molecule has 0 aliphatic rings. The van der Waals surface area contributed by atoms with Crippen LogP contribution in [0.5, 0.6) is 69.0 Å². The SMILES string of the molecule is COCOc1ccc(Cc2cccc(-c3c(O)c4ccc(Cl)cc4[nH]c3=O)c2)cc1.COc1ccc(Oc2cccc(-c3c(O)c4ccc(Cl)cc4[nH]c3=O)c2)cc1.O=c1[nH]c2cc(Cl)ccc2c(O)c1-c1cccc(Oc2ccccc2)c1.O=c1[nH]c2cc(Cl)ccc2c(O)c1-c1cccc(Oc2ccsc2)c1. The van der Waals surface area contributed by atoms with E-state index in [1.165, 1.54) is 11.3 Å². The van der Waals surface area contributed by atoms with Gasteiger partial charge < -0.3 is 68.8 Å². The van der Waals surface area contributed by atoms with E-state index >= 15 is 0 Å². The lowest BCUT2D eigenvalue weighted by molar-refractivity contribution is 0.0511. The summed E-state index contributed by atoms with van der Waals surface area (Å²) in [6.45, 7) is 0.206. The zero-order valence-corrected chi connectivity index (χ0v) is 61.4. The standard InChI is InChI=1S/C24H20ClNO4.C22H16ClNO4.C21H14ClNO3.C19H12ClNO3S/c1-29-14-30-19-8-5-15(6-9-19)11-16-3-2-4-17(12-16)22-23(27)20-10-7-18(25)13-21(20)26-24(22)28;1-27-15-6-8-16(9-7-15)28-17-4-2-3-13(11-17)20-21(25)18-10-5-14(23)12-19(18)24-22(20)26;22-14-9-10-17-18(12-14)23-21(25)19(20(17)24)13-5-4-8-16(11-13)26-15-6-2-1-3-7-15;20-12-4-5-15-16(9-12)21-19(23)17(18(15)22)11-2-1-3-13(8-11)24-14-6-7-25-10-14/h2-10,12-13H,11,14H2,1H3,(H2,26,27,28);2-12H,1H3,(H2,24,25,26);1-12H,(H2,23,24,25);1-10H,(H2,21,22,23). The Balaban J connectivity index is 0.000000128. The number of benzene rings is 11. The fraction of sp³-hybridized carbons (Fsp3) is 0.0465. The summed E-state index contributed by atoms with van der Waals surface area (Å²) < 4.78 is 32.9. The van der Waals surface area contributed by atoms with Crippen LogP contribution in [0.25, 0.3) is 88.1 Å². The number of nitrogens with one attached hydrogen (secondary N) is 4. The Bertz CT molecular complexity index is 6260. The highest BCUT2D eigenvalue weighted by molar-refractivity contribution is 7.08. The summed E-state index contributed by atoms with van der Waals surface area (Å²) in [5.41, 5.74) is 5.67. The van der Waals surface area contributed by atoms with E-state index in [2.05, 4.69) is 19.9 Å². The number of hydrogen-bond acceptors (Lipinski definition) is 15. The smallest absolute Gasteiger partial charge is 0.260 e. The summed E-state index contributed by atoms with van der Waals surface area (Å²) in [7, 11) is 3.18. The quantitative estimate of drug-likeness (QED) is 0.0418. The first-order valence-corrected chi connectivity index (χ1v) is 35.8. The van der Waals surface area contributed by atoms with E-state index in [1.54, 1.807) is 184 Å². The Morgan fingerprint density at radius 3 is 1.06 bits per heavy atom. The molecule has 5 heterocycles. The van der Waals surface area contributed by atoms with Gasteiger partial charge in [0.15, 0.2) is 6.79 Å². The maximum atomic E-state index is 12.7. The second-order valence-electron chi connectivity index (χ2n) is 24.4. The van der Waals surface area contributed by atoms with Crippen molar-refractivity contribution in [2.45, 2.75) is 6.42 Å². The van der Waals surface area contributed by atoms with Crippen molar-refractivity contribution in [3.8, 4) is 114 Å². The Kier molecular flexibility index (Phi) is 23.1. The van der Waals surface area contributed by atoms with Crippen molar-refractivity contribution in [3.05, 3.63) is 338 Å². The van der Waals surface area contributed by atoms with E-state index in [0.29, 0.717) is 121 Å². The molecule has 0 bridgehead atoms. The molecular weight excluding hydrogens is 1490 g/mol. The van der Waals surface area contributed by atoms with Gasteiger partial charge in [0.25, 0.3) is 22.2 Å². The van der Waals surface area contributed by atoms with Crippen LogP contribution in [-0.2, 0) is 11.2 Å². The van der Waals surface area contributed by atoms with Crippen molar-refractivity contribution in [1.82, 2.24) is 19.9 Å². The highest BCUT2D eigenvalue weighted by atomic mass is 35.5. The average Bonchev–Trinajstić information content (AvgIpc) is 1.17. The second-order valence-corrected chi connectivity index (χ2v) is 26.9. The summed E-state index contributed by atoms with van der Waals surface area (Å²) in [6, 6.07) is 74.7. The molecule has 0 radical (unpaired) electrons. The number of aromatic amines is 4. The second kappa shape index (κ2) is 33.8. The number of thiophene rings is 1. The molecule has 0 amide bonds. The molecule has 0 spiro atoms. The van der Waals surface area contributed by atoms with E-state index < -0.39 is 11.1 Å². The van der Waals surface area contributed by atoms with Crippen LogP contribution in [0, 0.1) is 0 Å². The lowest BCUT2D eigenvalue weighted by atomic mass is 9.98. The van der Waals surface area contributed by atoms with E-state index in [4.69, 9.17) is 74.8 Å². The van der Waals surface area contributed by atoms with Gasteiger partial charge in [-0.1, -0.05) is 137 Å². The van der Waals surface area contributed by atoms with E-state index in [-0.39, 0.29) is 63.2 Å². The molecule has 0 aliphatic carbocycles. The molecule has 23 heteroatoms. The molecule has 11 aromatic carbocycles. The molecule has 16 rings (SSSR count). The molecular formula is C86H62Cl4N4O14S. The Morgan fingerprint density at radius 1 is 0.330 bits per heavy atom. The number of para-hydroxylation sites is 1. The predicted octanol–water partition coefficient (Wildman–Crippen LogP) is 21.2. The van der Waals surface area contributed by atoms with Gasteiger partial charge in [0.1, 0.15) is 69.0 Å². The zero-order chi connectivity index (χ0) is 76.2. The number of halogens is 4. The molecule has 0 unspecified atom stereocenters. The first-order chi connectivity index (χ1) is 52.8. The summed E-state index contributed by atoms with van der Waals surface area (Å²) >= 11 is 25.4. The number of methoxy groups -OCH3 is 2. The zero-order valence-electron chi connectivity index (χ0n) is 57.6. The third kappa shape index (κ3) is 17.7. The number of pyridine rings is 4. The van der Waals surface area contributed by atoms with Gasteiger partial charge in [-0.3, -0.25) is 19.2 Å². The van der Waals surface area contributed by atoms with Crippen LogP contribution in [0.1, 0.15) is 11.1 Å². The maximum Gasteiger partial charge on any atom is 0.260 e. The molecule has 544 valence electrons. The van der Waals surface area contributed by atoms with Crippen LogP contribution in [-0.4, -0.2) is 61.4 Å². The minimum atomic E-state index is -0.408. The number of ether oxygens (including phenoxy) is 6. The first-order valence-electron chi connectivity index (χ1n) is 33.4. The van der Waals surface area contributed by atoms with Crippen molar-refractivity contribution < 1.29 is 48.8 Å². The van der Waals surface area contributed by atoms with Gasteiger partial charge >= 0.3 is 0 Å². The van der Waals surface area contributed by atoms with E-state index in [0.717, 1.165) is 28.4 Å². The molecule has 0 saturated carbocycles. The highest BCUT2D eigenvalue weighted by Gasteiger charge is 2.20. The fourth-order valence-electron chi connectivity index (χ4n) is 12.0. The van der Waals surface area contributed by atoms with Crippen LogP contribution >= 0.6 is 57.7 Å². The van der Waals surface area contributed by atoms with Crippen LogP contribution in [0.3, 0.4) is 0 Å². The number of hydrogen-bond donors (Lipinski definition) is 8. The predicted molar refractivity (Wildman–Crippen MR) is 432 cm³/mol. The molecule has 16 aromatic rings. The molecule has 109 heavy (non-hydrogen) atoms. The molecule has 0 fully saturated rings. The highest BCUT2D eigenvalue weighted by Crippen LogP contribution is 2.40. The summed E-state index contributed by atoms with van der Waals surface area (Å²) in [6.07, 6.45) is 0.681. The fourth-order valence-corrected chi connectivity index (χ4v) is 13.2. The van der Waals surface area contributed by atoms with Gasteiger partial charge in [-0.25, -0.2) is 0 Å². The first kappa shape index (κ1) is 74.5. The number of fused-ring (bicyclic) bond motifs is 4. The molecule has 5 aromatic heterocycles. The van der Waals surface area contributed by atoms with E-state index in [1.807, 2.05) is 95.7 Å². The molecule has 0 atom stereocenters. The Labute approximate surface area is 644 Å². The van der Waals surface area contributed by atoms with Crippen molar-refractivity contribution in [2.75, 3.05) is 21.0 Å². The van der Waals surface area contributed by atoms with Gasteiger partial charge in [0.2, 0.25) is 0 Å². The third-order valence-electron chi connectivity index (χ3n) is 17.1. The van der Waals surface area contributed by atoms with Crippen molar-refractivity contribution in [3.63, 3.8) is 0 Å². The Hall–Kier alpha value is -12.7. The minimum absolute atomic E-state index is 0.0535. The van der Waals surface area contributed by atoms with Gasteiger partial charge in [-0.15, -0.1) is 11.3 Å². The summed E-state index contributed by atoms with van der Waals surface area (Å²) in [4.78, 5) is 61.4. The topological polar surface area (TPSA) is 268 Å². The lowest BCUT2D eigenvalue weighted by Gasteiger charge is -2.10. The number of rotatable bonds is 16. The molecule has 0 saturated heterocycles. The normalized spacial score (nSPS) is 10.9. The number of aromatic hydroxyl groups is 4. The summed E-state index contributed by atoms with van der Waals surface area (Å²) in [5.74, 6) is 4.90. The maximum absolute atomic E-state index is 12.7. The molecule has 0 aliphatic heterocycles. The van der Waals surface area contributed by atoms with Gasteiger partial charge in [0, 0.05) is 54.1 Å². The molecule has 18 nitrogen and oxygen atoms in total. The van der Waals surface area contributed by atoms with Crippen LogP contribution in [0.15, 0.2) is 285 Å². The van der Waals surface area contributed by atoms with Crippen LogP contribution in [0.4, 0.5) is 0 Å². The average molecular weight is 1550 g/mol. The van der Waals surface area contributed by atoms with Crippen molar-refractivity contribution in [2.24, 2.45) is 0 Å². The summed E-state index contributed by atoms with van der Waals surface area (Å²) in [5, 5.41) is 50.6. The largest absolute Gasteiger partial charge is 0.506 e. The van der Waals surface area contributed by atoms with Gasteiger partial charge in [-0.2, -0.15) is 0 Å². The van der Waals surface area contributed by atoms with Crippen LogP contribution < -0.4 is 45.9 Å².